The van der Waals surface area contributed by atoms with Gasteiger partial charge in [-0.25, -0.2) is 4.98 Å². The monoisotopic (exact) mass is 207 g/mol. The van der Waals surface area contributed by atoms with Crippen molar-refractivity contribution in [2.75, 3.05) is 24.7 Å². The molecule has 2 N–H and O–H groups in total. The SMILES string of the molecule is NCc1ccnc(N2CCOCC2=O)c1. The molecule has 1 amide bonds. The number of aromatic nitrogens is 1. The molecule has 2 heterocycles. The van der Waals surface area contributed by atoms with Gasteiger partial charge in [0.25, 0.3) is 5.91 Å². The Morgan fingerprint density at radius 3 is 3.20 bits per heavy atom. The van der Waals surface area contributed by atoms with E-state index in [9.17, 15) is 4.79 Å². The van der Waals surface area contributed by atoms with Crippen molar-refractivity contribution in [3.8, 4) is 0 Å². The summed E-state index contributed by atoms with van der Waals surface area (Å²) in [6, 6.07) is 3.68. The molecule has 2 rings (SSSR count). The maximum Gasteiger partial charge on any atom is 0.254 e. The number of nitrogens with zero attached hydrogens (tertiary/aromatic N) is 2. The Morgan fingerprint density at radius 2 is 2.47 bits per heavy atom. The number of ether oxygens (including phenoxy) is 1. The van der Waals surface area contributed by atoms with E-state index in [2.05, 4.69) is 4.98 Å². The van der Waals surface area contributed by atoms with Gasteiger partial charge in [0, 0.05) is 12.7 Å². The van der Waals surface area contributed by atoms with Gasteiger partial charge < -0.3 is 10.5 Å². The van der Waals surface area contributed by atoms with Gasteiger partial charge in [0.05, 0.1) is 13.2 Å². The molecule has 5 nitrogen and oxygen atoms in total. The van der Waals surface area contributed by atoms with Crippen molar-refractivity contribution in [1.29, 1.82) is 0 Å². The van der Waals surface area contributed by atoms with Crippen molar-refractivity contribution in [3.05, 3.63) is 23.9 Å². The third-order valence-electron chi connectivity index (χ3n) is 2.31. The molecule has 1 saturated heterocycles. The minimum Gasteiger partial charge on any atom is -0.370 e. The van der Waals surface area contributed by atoms with Crippen LogP contribution in [0.2, 0.25) is 0 Å². The van der Waals surface area contributed by atoms with Gasteiger partial charge in [0.2, 0.25) is 0 Å². The number of amides is 1. The lowest BCUT2D eigenvalue weighted by atomic mass is 10.2. The third kappa shape index (κ3) is 2.14. The maximum absolute atomic E-state index is 11.5. The molecule has 1 aliphatic rings. The fourth-order valence-corrected chi connectivity index (χ4v) is 1.50. The maximum atomic E-state index is 11.5. The fourth-order valence-electron chi connectivity index (χ4n) is 1.50. The van der Waals surface area contributed by atoms with E-state index in [1.807, 2.05) is 12.1 Å². The largest absolute Gasteiger partial charge is 0.370 e. The van der Waals surface area contributed by atoms with Crippen molar-refractivity contribution >= 4 is 11.7 Å². The van der Waals surface area contributed by atoms with Crippen molar-refractivity contribution < 1.29 is 9.53 Å². The van der Waals surface area contributed by atoms with Crippen LogP contribution in [0.15, 0.2) is 18.3 Å². The number of pyridine rings is 1. The number of rotatable bonds is 2. The van der Waals surface area contributed by atoms with Crippen molar-refractivity contribution in [2.24, 2.45) is 5.73 Å². The topological polar surface area (TPSA) is 68.4 Å². The zero-order chi connectivity index (χ0) is 10.7. The van der Waals surface area contributed by atoms with Crippen LogP contribution in [0.4, 0.5) is 5.82 Å². The molecule has 1 fully saturated rings. The highest BCUT2D eigenvalue weighted by Gasteiger charge is 2.20. The zero-order valence-electron chi connectivity index (χ0n) is 8.35. The lowest BCUT2D eigenvalue weighted by Gasteiger charge is -2.25. The first-order valence-electron chi connectivity index (χ1n) is 4.84. The number of nitrogens with two attached hydrogens (primary N) is 1. The van der Waals surface area contributed by atoms with Crippen LogP contribution in [0.5, 0.6) is 0 Å². The number of hydrogen-bond acceptors (Lipinski definition) is 4. The van der Waals surface area contributed by atoms with Crippen molar-refractivity contribution in [3.63, 3.8) is 0 Å². The van der Waals surface area contributed by atoms with E-state index in [1.54, 1.807) is 11.1 Å². The molecule has 5 heteroatoms. The Bertz CT molecular complexity index is 367. The standard InChI is InChI=1S/C10H13N3O2/c11-6-8-1-2-12-9(5-8)13-3-4-15-7-10(13)14/h1-2,5H,3-4,6-7,11H2. The van der Waals surface area contributed by atoms with E-state index >= 15 is 0 Å². The van der Waals surface area contributed by atoms with Crippen LogP contribution < -0.4 is 10.6 Å². The molecule has 1 aromatic heterocycles. The number of hydrogen-bond donors (Lipinski definition) is 1. The zero-order valence-corrected chi connectivity index (χ0v) is 8.35. The van der Waals surface area contributed by atoms with E-state index in [0.29, 0.717) is 25.5 Å². The molecular weight excluding hydrogens is 194 g/mol. The predicted molar refractivity (Wildman–Crippen MR) is 55.3 cm³/mol. The second kappa shape index (κ2) is 4.37. The summed E-state index contributed by atoms with van der Waals surface area (Å²) >= 11 is 0. The Morgan fingerprint density at radius 1 is 1.60 bits per heavy atom. The lowest BCUT2D eigenvalue weighted by Crippen LogP contribution is -2.42. The van der Waals surface area contributed by atoms with E-state index in [1.165, 1.54) is 0 Å². The molecule has 0 unspecified atom stereocenters. The molecule has 15 heavy (non-hydrogen) atoms. The molecule has 0 spiro atoms. The van der Waals surface area contributed by atoms with Gasteiger partial charge in [0.1, 0.15) is 12.4 Å². The Labute approximate surface area is 87.8 Å². The van der Waals surface area contributed by atoms with Crippen LogP contribution in [-0.2, 0) is 16.1 Å². The second-order valence-corrected chi connectivity index (χ2v) is 3.32. The van der Waals surface area contributed by atoms with Gasteiger partial charge in [0.15, 0.2) is 0 Å². The van der Waals surface area contributed by atoms with Gasteiger partial charge in [-0.3, -0.25) is 9.69 Å². The summed E-state index contributed by atoms with van der Waals surface area (Å²) in [5, 5.41) is 0. The smallest absolute Gasteiger partial charge is 0.254 e. The summed E-state index contributed by atoms with van der Waals surface area (Å²) < 4.78 is 5.05. The summed E-state index contributed by atoms with van der Waals surface area (Å²) in [5.41, 5.74) is 6.50. The highest BCUT2D eigenvalue weighted by Crippen LogP contribution is 2.14. The first-order valence-corrected chi connectivity index (χ1v) is 4.84. The second-order valence-electron chi connectivity index (χ2n) is 3.32. The van der Waals surface area contributed by atoms with E-state index in [4.69, 9.17) is 10.5 Å². The first kappa shape index (κ1) is 10.1. The van der Waals surface area contributed by atoms with Crippen molar-refractivity contribution in [1.82, 2.24) is 4.98 Å². The van der Waals surface area contributed by atoms with Crippen molar-refractivity contribution in [2.45, 2.75) is 6.54 Å². The van der Waals surface area contributed by atoms with E-state index in [-0.39, 0.29) is 12.5 Å². The van der Waals surface area contributed by atoms with Crippen LogP contribution in [0, 0.1) is 0 Å². The van der Waals surface area contributed by atoms with E-state index in [0.717, 1.165) is 5.56 Å². The normalized spacial score (nSPS) is 16.9. The van der Waals surface area contributed by atoms with Crippen LogP contribution in [0.1, 0.15) is 5.56 Å². The molecule has 0 saturated carbocycles. The third-order valence-corrected chi connectivity index (χ3v) is 2.31. The molecule has 1 aromatic rings. The Kier molecular flexibility index (Phi) is 2.94. The molecule has 0 radical (unpaired) electrons. The highest BCUT2D eigenvalue weighted by atomic mass is 16.5. The quantitative estimate of drug-likeness (QED) is 0.735. The van der Waals surface area contributed by atoms with Gasteiger partial charge in [-0.05, 0) is 17.7 Å². The lowest BCUT2D eigenvalue weighted by molar-refractivity contribution is -0.125. The fraction of sp³-hybridized carbons (Fsp3) is 0.400. The average Bonchev–Trinajstić information content (AvgIpc) is 2.30. The molecule has 1 aliphatic heterocycles. The highest BCUT2D eigenvalue weighted by molar-refractivity contribution is 5.93. The van der Waals surface area contributed by atoms with E-state index < -0.39 is 0 Å². The van der Waals surface area contributed by atoms with Crippen LogP contribution in [0.3, 0.4) is 0 Å². The molecule has 0 aromatic carbocycles. The summed E-state index contributed by atoms with van der Waals surface area (Å²) in [5.74, 6) is 0.606. The molecule has 0 bridgehead atoms. The van der Waals surface area contributed by atoms with Gasteiger partial charge >= 0.3 is 0 Å². The molecule has 0 aliphatic carbocycles. The number of morpholine rings is 1. The summed E-state index contributed by atoms with van der Waals surface area (Å²) in [6.07, 6.45) is 1.67. The number of carbonyl (C=O) groups is 1. The van der Waals surface area contributed by atoms with Crippen LogP contribution in [-0.4, -0.2) is 30.6 Å². The minimum absolute atomic E-state index is 0.0529. The van der Waals surface area contributed by atoms with Gasteiger partial charge in [-0.1, -0.05) is 0 Å². The van der Waals surface area contributed by atoms with Gasteiger partial charge in [-0.15, -0.1) is 0 Å². The first-order chi connectivity index (χ1) is 7.31. The Hall–Kier alpha value is -1.46. The average molecular weight is 207 g/mol. The van der Waals surface area contributed by atoms with Crippen LogP contribution in [0.25, 0.3) is 0 Å². The predicted octanol–water partition coefficient (Wildman–Crippen LogP) is -0.0965. The number of anilines is 1. The minimum atomic E-state index is -0.0529. The Balaban J connectivity index is 2.23. The number of carbonyl (C=O) groups excluding carboxylic acids is 1. The molecule has 0 atom stereocenters. The van der Waals surface area contributed by atoms with Crippen LogP contribution >= 0.6 is 0 Å². The van der Waals surface area contributed by atoms with Gasteiger partial charge in [-0.2, -0.15) is 0 Å². The molecule has 80 valence electrons. The molecular formula is C10H13N3O2. The summed E-state index contributed by atoms with van der Waals surface area (Å²) in [7, 11) is 0. The summed E-state index contributed by atoms with van der Waals surface area (Å²) in [6.45, 7) is 1.70. The summed E-state index contributed by atoms with van der Waals surface area (Å²) in [4.78, 5) is 17.3.